The van der Waals surface area contributed by atoms with Crippen molar-refractivity contribution in [3.05, 3.63) is 29.8 Å². The van der Waals surface area contributed by atoms with Crippen molar-refractivity contribution >= 4 is 0 Å². The van der Waals surface area contributed by atoms with E-state index in [1.54, 1.807) is 0 Å². The predicted octanol–water partition coefficient (Wildman–Crippen LogP) is 2.41. The molecule has 1 N–H and O–H groups in total. The SMILES string of the molecule is CC(CNCc1cccc(OCC#N)c1)CN1CCCC1. The second kappa shape index (κ2) is 8.66. The molecule has 0 amide bonds. The van der Waals surface area contributed by atoms with E-state index in [0.29, 0.717) is 5.92 Å². The summed E-state index contributed by atoms with van der Waals surface area (Å²) in [6.07, 6.45) is 2.71. The van der Waals surface area contributed by atoms with E-state index in [-0.39, 0.29) is 6.61 Å². The van der Waals surface area contributed by atoms with Crippen LogP contribution in [-0.2, 0) is 6.54 Å². The van der Waals surface area contributed by atoms with Gasteiger partial charge in [-0.15, -0.1) is 0 Å². The Hall–Kier alpha value is -1.57. The van der Waals surface area contributed by atoms with E-state index in [9.17, 15) is 0 Å². The minimum atomic E-state index is 0.101. The fraction of sp³-hybridized carbons (Fsp3) is 0.588. The molecule has 4 heteroatoms. The molecule has 1 aromatic rings. The van der Waals surface area contributed by atoms with Crippen LogP contribution in [0.5, 0.6) is 5.75 Å². The highest BCUT2D eigenvalue weighted by Crippen LogP contribution is 2.13. The average Bonchev–Trinajstić information content (AvgIpc) is 2.98. The normalized spacial score (nSPS) is 16.6. The van der Waals surface area contributed by atoms with Crippen molar-refractivity contribution in [3.8, 4) is 11.8 Å². The zero-order chi connectivity index (χ0) is 14.9. The lowest BCUT2D eigenvalue weighted by Gasteiger charge is -2.20. The number of nitriles is 1. The van der Waals surface area contributed by atoms with Gasteiger partial charge in [0.1, 0.15) is 11.8 Å². The van der Waals surface area contributed by atoms with Crippen molar-refractivity contribution in [2.75, 3.05) is 32.8 Å². The number of hydrogen-bond acceptors (Lipinski definition) is 4. The summed E-state index contributed by atoms with van der Waals surface area (Å²) in [4.78, 5) is 2.56. The van der Waals surface area contributed by atoms with Crippen molar-refractivity contribution in [1.29, 1.82) is 5.26 Å². The third kappa shape index (κ3) is 5.74. The van der Waals surface area contributed by atoms with Crippen LogP contribution in [0.3, 0.4) is 0 Å². The number of ether oxygens (including phenoxy) is 1. The molecule has 1 unspecified atom stereocenters. The largest absolute Gasteiger partial charge is 0.479 e. The number of hydrogen-bond donors (Lipinski definition) is 1. The Labute approximate surface area is 127 Å². The molecule has 114 valence electrons. The van der Waals surface area contributed by atoms with Crippen molar-refractivity contribution < 1.29 is 4.74 Å². The molecular formula is C17H25N3O. The Morgan fingerprint density at radius 1 is 1.38 bits per heavy atom. The lowest BCUT2D eigenvalue weighted by molar-refractivity contribution is 0.282. The van der Waals surface area contributed by atoms with Crippen molar-refractivity contribution in [2.45, 2.75) is 26.3 Å². The maximum absolute atomic E-state index is 8.53. The van der Waals surface area contributed by atoms with Crippen LogP contribution in [0, 0.1) is 17.2 Å². The molecule has 0 spiro atoms. The van der Waals surface area contributed by atoms with E-state index in [4.69, 9.17) is 10.00 Å². The van der Waals surface area contributed by atoms with Crippen LogP contribution in [0.4, 0.5) is 0 Å². The number of nitrogens with zero attached hydrogens (tertiary/aromatic N) is 2. The maximum Gasteiger partial charge on any atom is 0.174 e. The average molecular weight is 287 g/mol. The quantitative estimate of drug-likeness (QED) is 0.797. The molecule has 1 saturated heterocycles. The van der Waals surface area contributed by atoms with Gasteiger partial charge in [-0.25, -0.2) is 0 Å². The third-order valence-corrected chi connectivity index (χ3v) is 3.79. The first-order chi connectivity index (χ1) is 10.3. The lowest BCUT2D eigenvalue weighted by atomic mass is 10.1. The molecule has 1 aromatic carbocycles. The van der Waals surface area contributed by atoms with Crippen molar-refractivity contribution in [1.82, 2.24) is 10.2 Å². The molecule has 0 radical (unpaired) electrons. The lowest BCUT2D eigenvalue weighted by Crippen LogP contribution is -2.31. The Morgan fingerprint density at radius 3 is 2.95 bits per heavy atom. The molecule has 1 fully saturated rings. The van der Waals surface area contributed by atoms with Gasteiger partial charge in [-0.05, 0) is 56.1 Å². The summed E-state index contributed by atoms with van der Waals surface area (Å²) in [6, 6.07) is 9.92. The highest BCUT2D eigenvalue weighted by atomic mass is 16.5. The van der Waals surface area contributed by atoms with Gasteiger partial charge in [-0.2, -0.15) is 5.26 Å². The monoisotopic (exact) mass is 287 g/mol. The fourth-order valence-corrected chi connectivity index (χ4v) is 2.79. The number of likely N-dealkylation sites (tertiary alicyclic amines) is 1. The fourth-order valence-electron chi connectivity index (χ4n) is 2.79. The van der Waals surface area contributed by atoms with Gasteiger partial charge in [0.2, 0.25) is 0 Å². The summed E-state index contributed by atoms with van der Waals surface area (Å²) in [7, 11) is 0. The summed E-state index contributed by atoms with van der Waals surface area (Å²) >= 11 is 0. The van der Waals surface area contributed by atoms with Gasteiger partial charge in [0.15, 0.2) is 6.61 Å². The molecule has 1 aliphatic rings. The first-order valence-electron chi connectivity index (χ1n) is 7.79. The standard InChI is InChI=1S/C17H25N3O/c1-15(14-20-8-2-3-9-20)12-19-13-16-5-4-6-17(11-16)21-10-7-18/h4-6,11,15,19H,2-3,8-10,12-14H2,1H3. The smallest absolute Gasteiger partial charge is 0.174 e. The molecule has 0 aliphatic carbocycles. The zero-order valence-electron chi connectivity index (χ0n) is 12.8. The van der Waals surface area contributed by atoms with Gasteiger partial charge in [-0.3, -0.25) is 0 Å². The molecule has 4 nitrogen and oxygen atoms in total. The molecule has 0 saturated carbocycles. The van der Waals surface area contributed by atoms with Crippen LogP contribution < -0.4 is 10.1 Å². The highest BCUT2D eigenvalue weighted by molar-refractivity contribution is 5.28. The van der Waals surface area contributed by atoms with Crippen molar-refractivity contribution in [2.24, 2.45) is 5.92 Å². The minimum absolute atomic E-state index is 0.101. The van der Waals surface area contributed by atoms with E-state index >= 15 is 0 Å². The predicted molar refractivity (Wildman–Crippen MR) is 84.1 cm³/mol. The molecule has 0 bridgehead atoms. The molecular weight excluding hydrogens is 262 g/mol. The number of nitrogens with one attached hydrogen (secondary N) is 1. The number of benzene rings is 1. The Bertz CT molecular complexity index is 463. The van der Waals surface area contributed by atoms with Crippen LogP contribution >= 0.6 is 0 Å². The summed E-state index contributed by atoms with van der Waals surface area (Å²) < 4.78 is 5.32. The minimum Gasteiger partial charge on any atom is -0.479 e. The Morgan fingerprint density at radius 2 is 2.19 bits per heavy atom. The number of rotatable bonds is 8. The van der Waals surface area contributed by atoms with E-state index in [1.165, 1.54) is 38.0 Å². The van der Waals surface area contributed by atoms with E-state index in [0.717, 1.165) is 18.8 Å². The van der Waals surface area contributed by atoms with Crippen LogP contribution in [0.15, 0.2) is 24.3 Å². The van der Waals surface area contributed by atoms with Crippen LogP contribution in [0.1, 0.15) is 25.3 Å². The Kier molecular flexibility index (Phi) is 6.52. The van der Waals surface area contributed by atoms with E-state index in [1.807, 2.05) is 24.3 Å². The van der Waals surface area contributed by atoms with Gasteiger partial charge in [0.25, 0.3) is 0 Å². The first-order valence-corrected chi connectivity index (χ1v) is 7.79. The van der Waals surface area contributed by atoms with Gasteiger partial charge < -0.3 is 15.0 Å². The zero-order valence-corrected chi connectivity index (χ0v) is 12.8. The van der Waals surface area contributed by atoms with Gasteiger partial charge in [-0.1, -0.05) is 19.1 Å². The van der Waals surface area contributed by atoms with Crippen LogP contribution in [-0.4, -0.2) is 37.7 Å². The van der Waals surface area contributed by atoms with Crippen LogP contribution in [0.25, 0.3) is 0 Å². The molecule has 1 atom stereocenters. The first kappa shape index (κ1) is 15.8. The Balaban J connectivity index is 1.68. The molecule has 2 rings (SSSR count). The summed E-state index contributed by atoms with van der Waals surface area (Å²) in [5.41, 5.74) is 1.19. The molecule has 21 heavy (non-hydrogen) atoms. The molecule has 0 aromatic heterocycles. The highest BCUT2D eigenvalue weighted by Gasteiger charge is 2.14. The van der Waals surface area contributed by atoms with Gasteiger partial charge >= 0.3 is 0 Å². The molecule has 1 heterocycles. The van der Waals surface area contributed by atoms with Crippen LogP contribution in [0.2, 0.25) is 0 Å². The van der Waals surface area contributed by atoms with E-state index in [2.05, 4.69) is 23.2 Å². The summed E-state index contributed by atoms with van der Waals surface area (Å²) in [5, 5.41) is 12.0. The summed E-state index contributed by atoms with van der Waals surface area (Å²) in [6.45, 7) is 8.00. The van der Waals surface area contributed by atoms with Gasteiger partial charge in [0, 0.05) is 13.1 Å². The van der Waals surface area contributed by atoms with Crippen molar-refractivity contribution in [3.63, 3.8) is 0 Å². The van der Waals surface area contributed by atoms with E-state index < -0.39 is 0 Å². The summed E-state index contributed by atoms with van der Waals surface area (Å²) in [5.74, 6) is 1.43. The maximum atomic E-state index is 8.53. The third-order valence-electron chi connectivity index (χ3n) is 3.79. The molecule has 1 aliphatic heterocycles. The van der Waals surface area contributed by atoms with Gasteiger partial charge in [0.05, 0.1) is 0 Å². The second-order valence-corrected chi connectivity index (χ2v) is 5.84. The topological polar surface area (TPSA) is 48.3 Å². The second-order valence-electron chi connectivity index (χ2n) is 5.84.